The van der Waals surface area contributed by atoms with Crippen LogP contribution in [-0.2, 0) is 4.79 Å². The first-order valence-corrected chi connectivity index (χ1v) is 4.50. The Morgan fingerprint density at radius 1 is 1.46 bits per heavy atom. The van der Waals surface area contributed by atoms with Crippen LogP contribution in [-0.4, -0.2) is 30.5 Å². The molecule has 0 bridgehead atoms. The summed E-state index contributed by atoms with van der Waals surface area (Å²) in [6, 6.07) is -0.471. The third-order valence-corrected chi connectivity index (χ3v) is 2.12. The molecule has 0 aliphatic heterocycles. The maximum absolute atomic E-state index is 10.4. The molecule has 0 amide bonds. The maximum atomic E-state index is 10.4. The zero-order valence-electron chi connectivity index (χ0n) is 9.17. The van der Waals surface area contributed by atoms with Gasteiger partial charge in [-0.1, -0.05) is 19.8 Å². The molecule has 0 heterocycles. The van der Waals surface area contributed by atoms with Crippen LogP contribution in [0.4, 0.5) is 0 Å². The third-order valence-electron chi connectivity index (χ3n) is 2.12. The summed E-state index contributed by atoms with van der Waals surface area (Å²) in [5, 5.41) is 10.4. The molecule has 0 fully saturated rings. The fourth-order valence-corrected chi connectivity index (χ4v) is 0.985. The van der Waals surface area contributed by atoms with Crippen molar-refractivity contribution in [2.45, 2.75) is 39.2 Å². The Morgan fingerprint density at radius 2 is 2.00 bits per heavy atom. The molecule has 4 heteroatoms. The van der Waals surface area contributed by atoms with Gasteiger partial charge in [0.1, 0.15) is 0 Å². The van der Waals surface area contributed by atoms with Gasteiger partial charge in [0.2, 0.25) is 0 Å². The van der Waals surface area contributed by atoms with Gasteiger partial charge in [0, 0.05) is 6.04 Å². The van der Waals surface area contributed by atoms with E-state index in [1.165, 1.54) is 0 Å². The second kappa shape index (κ2) is 9.00. The van der Waals surface area contributed by atoms with E-state index in [9.17, 15) is 9.90 Å². The quantitative estimate of drug-likeness (QED) is 0.341. The van der Waals surface area contributed by atoms with Gasteiger partial charge in [-0.2, -0.15) is 0 Å². The molecule has 0 aromatic carbocycles. The number of carboxylic acid groups (broad SMARTS) is 1. The number of rotatable bonds is 6. The van der Waals surface area contributed by atoms with Crippen molar-refractivity contribution in [3.05, 3.63) is 0 Å². The van der Waals surface area contributed by atoms with Crippen LogP contribution >= 0.6 is 0 Å². The minimum atomic E-state index is -0.992. The molecule has 72 valence electrons. The van der Waals surface area contributed by atoms with Crippen molar-refractivity contribution in [1.82, 2.24) is 4.90 Å². The van der Waals surface area contributed by atoms with Crippen LogP contribution in [0.5, 0.6) is 0 Å². The second-order valence-electron chi connectivity index (χ2n) is 3.18. The van der Waals surface area contributed by atoms with Gasteiger partial charge in [-0.05, 0) is 26.9 Å². The topological polar surface area (TPSA) is 43.4 Å². The van der Waals surface area contributed by atoms with Crippen molar-refractivity contribution in [1.29, 1.82) is 0 Å². The summed E-state index contributed by atoms with van der Waals surface area (Å²) in [7, 11) is 1.82. The molecule has 13 heavy (non-hydrogen) atoms. The summed E-state index contributed by atoms with van der Waals surface area (Å²) in [6.07, 6.45) is 3.38. The molecule has 0 aromatic rings. The minimum Gasteiger partial charge on any atom is -0.548 e. The van der Waals surface area contributed by atoms with Crippen LogP contribution in [0.1, 0.15) is 33.1 Å². The number of aliphatic carboxylic acids is 1. The zero-order chi connectivity index (χ0) is 9.56. The number of hydrogen-bond donors (Lipinski definition) is 0. The van der Waals surface area contributed by atoms with E-state index in [0.29, 0.717) is 0 Å². The largest absolute Gasteiger partial charge is 1.00 e. The monoisotopic (exact) mass is 195 g/mol. The molecule has 0 rings (SSSR count). The average molecular weight is 195 g/mol. The average Bonchev–Trinajstić information content (AvgIpc) is 2.03. The smallest absolute Gasteiger partial charge is 0.548 e. The number of nitrogens with zero attached hydrogens (tertiary/aromatic N) is 1. The van der Waals surface area contributed by atoms with Crippen molar-refractivity contribution < 1.29 is 39.5 Å². The van der Waals surface area contributed by atoms with Crippen LogP contribution < -0.4 is 34.7 Å². The van der Waals surface area contributed by atoms with E-state index >= 15 is 0 Å². The van der Waals surface area contributed by atoms with Gasteiger partial charge in [-0.25, -0.2) is 0 Å². The van der Waals surface area contributed by atoms with E-state index in [1.54, 1.807) is 6.92 Å². The standard InChI is InChI=1S/C9H19NO2.Na/c1-4-5-6-7-10(3)8(2)9(11)12;/h8H,4-7H2,1-3H3,(H,11,12);/q;+1/p-1/t8-;/m0./s1. The number of carbonyl (C=O) groups is 1. The summed E-state index contributed by atoms with van der Waals surface area (Å²) >= 11 is 0. The number of carbonyl (C=O) groups excluding carboxylic acids is 1. The van der Waals surface area contributed by atoms with Crippen molar-refractivity contribution in [3.63, 3.8) is 0 Å². The first-order chi connectivity index (χ1) is 5.59. The van der Waals surface area contributed by atoms with Crippen LogP contribution in [0, 0.1) is 0 Å². The maximum Gasteiger partial charge on any atom is 1.00 e. The Labute approximate surface area is 103 Å². The number of hydrogen-bond acceptors (Lipinski definition) is 3. The third kappa shape index (κ3) is 7.50. The predicted octanol–water partition coefficient (Wildman–Crippen LogP) is -2.75. The van der Waals surface area contributed by atoms with Gasteiger partial charge in [0.15, 0.2) is 0 Å². The summed E-state index contributed by atoms with van der Waals surface area (Å²) in [5.41, 5.74) is 0. The fraction of sp³-hybridized carbons (Fsp3) is 0.889. The molecule has 0 radical (unpaired) electrons. The number of carboxylic acids is 1. The minimum absolute atomic E-state index is 0. The van der Waals surface area contributed by atoms with Crippen LogP contribution in [0.3, 0.4) is 0 Å². The van der Waals surface area contributed by atoms with Crippen molar-refractivity contribution >= 4 is 5.97 Å². The van der Waals surface area contributed by atoms with E-state index < -0.39 is 12.0 Å². The number of likely N-dealkylation sites (N-methyl/N-ethyl adjacent to an activating group) is 1. The fourth-order valence-electron chi connectivity index (χ4n) is 0.985. The first-order valence-electron chi connectivity index (χ1n) is 4.50. The Balaban J connectivity index is 0. The molecule has 0 aliphatic rings. The molecule has 1 atom stereocenters. The SMILES string of the molecule is CCCCCN(C)[C@@H](C)C(=O)[O-].[Na+]. The summed E-state index contributed by atoms with van der Waals surface area (Å²) in [6.45, 7) is 4.62. The van der Waals surface area contributed by atoms with Gasteiger partial charge >= 0.3 is 29.6 Å². The van der Waals surface area contributed by atoms with Crippen LogP contribution in [0.25, 0.3) is 0 Å². The second-order valence-corrected chi connectivity index (χ2v) is 3.18. The van der Waals surface area contributed by atoms with E-state index in [-0.39, 0.29) is 29.6 Å². The zero-order valence-corrected chi connectivity index (χ0v) is 11.2. The Hall–Kier alpha value is 0.430. The normalized spacial score (nSPS) is 12.3. The summed E-state index contributed by atoms with van der Waals surface area (Å²) in [5.74, 6) is -0.992. The van der Waals surface area contributed by atoms with Crippen molar-refractivity contribution in [2.75, 3.05) is 13.6 Å². The summed E-state index contributed by atoms with van der Waals surface area (Å²) < 4.78 is 0. The molecule has 0 N–H and O–H groups in total. The predicted molar refractivity (Wildman–Crippen MR) is 46.6 cm³/mol. The first kappa shape index (κ1) is 15.9. The molecule has 0 unspecified atom stereocenters. The van der Waals surface area contributed by atoms with Gasteiger partial charge < -0.3 is 9.90 Å². The molecule has 3 nitrogen and oxygen atoms in total. The van der Waals surface area contributed by atoms with Gasteiger partial charge in [-0.15, -0.1) is 0 Å². The number of unbranched alkanes of at least 4 members (excludes halogenated alkanes) is 2. The molecule has 0 aromatic heterocycles. The van der Waals surface area contributed by atoms with Gasteiger partial charge in [0.25, 0.3) is 0 Å². The van der Waals surface area contributed by atoms with E-state index in [1.807, 2.05) is 11.9 Å². The Morgan fingerprint density at radius 3 is 2.38 bits per heavy atom. The Bertz CT molecular complexity index is 142. The van der Waals surface area contributed by atoms with E-state index in [4.69, 9.17) is 0 Å². The molecular formula is C9H18NNaO2. The summed E-state index contributed by atoms with van der Waals surface area (Å²) in [4.78, 5) is 12.2. The van der Waals surface area contributed by atoms with Crippen molar-refractivity contribution in [2.24, 2.45) is 0 Å². The molecule has 0 saturated carbocycles. The van der Waals surface area contributed by atoms with E-state index in [0.717, 1.165) is 25.8 Å². The Kier molecular flexibility index (Phi) is 11.0. The van der Waals surface area contributed by atoms with E-state index in [2.05, 4.69) is 6.92 Å². The van der Waals surface area contributed by atoms with Gasteiger partial charge in [-0.3, -0.25) is 4.90 Å². The van der Waals surface area contributed by atoms with Crippen molar-refractivity contribution in [3.8, 4) is 0 Å². The molecule has 0 saturated heterocycles. The molecular weight excluding hydrogens is 177 g/mol. The van der Waals surface area contributed by atoms with Gasteiger partial charge in [0.05, 0.1) is 5.97 Å². The molecule has 0 spiro atoms. The van der Waals surface area contributed by atoms with Crippen LogP contribution in [0.15, 0.2) is 0 Å². The van der Waals surface area contributed by atoms with Crippen LogP contribution in [0.2, 0.25) is 0 Å². The molecule has 0 aliphatic carbocycles.